The number of benzene rings is 3. The van der Waals surface area contributed by atoms with Crippen molar-refractivity contribution in [1.29, 1.82) is 0 Å². The predicted octanol–water partition coefficient (Wildman–Crippen LogP) is 5.56. The van der Waals surface area contributed by atoms with Gasteiger partial charge in [0.1, 0.15) is 6.61 Å². The molecule has 0 bridgehead atoms. The molecule has 3 aromatic rings. The van der Waals surface area contributed by atoms with E-state index in [4.69, 9.17) is 4.74 Å². The molecule has 29 heavy (non-hydrogen) atoms. The average molecular weight is 388 g/mol. The van der Waals surface area contributed by atoms with Gasteiger partial charge in [-0.25, -0.2) is 0 Å². The molecule has 150 valence electrons. The normalized spacial score (nSPS) is 12.4. The number of ether oxygens (including phenoxy) is 1. The lowest BCUT2D eigenvalue weighted by Crippen LogP contribution is -2.31. The first-order valence-corrected chi connectivity index (χ1v) is 10.1. The molecule has 0 spiro atoms. The van der Waals surface area contributed by atoms with Crippen molar-refractivity contribution in [3.05, 3.63) is 107 Å². The van der Waals surface area contributed by atoms with Crippen molar-refractivity contribution >= 4 is 5.97 Å². The molecule has 0 unspecified atom stereocenters. The van der Waals surface area contributed by atoms with Gasteiger partial charge in [0.15, 0.2) is 0 Å². The second-order valence-electron chi connectivity index (χ2n) is 7.90. The Bertz CT molecular complexity index is 920. The third kappa shape index (κ3) is 5.55. The molecule has 0 aliphatic carbocycles. The van der Waals surface area contributed by atoms with E-state index in [1.807, 2.05) is 62.4 Å². The van der Waals surface area contributed by atoms with Crippen molar-refractivity contribution in [2.75, 3.05) is 0 Å². The van der Waals surface area contributed by atoms with E-state index in [0.29, 0.717) is 6.61 Å². The van der Waals surface area contributed by atoms with Crippen LogP contribution in [0.2, 0.25) is 0 Å². The van der Waals surface area contributed by atoms with Crippen LogP contribution in [0, 0.1) is 0 Å². The molecular weight excluding hydrogens is 358 g/mol. The molecule has 3 heteroatoms. The fourth-order valence-corrected chi connectivity index (χ4v) is 3.22. The van der Waals surface area contributed by atoms with Crippen LogP contribution in [0.4, 0.5) is 0 Å². The smallest absolute Gasteiger partial charge is 0.316 e. The third-order valence-corrected chi connectivity index (χ3v) is 5.28. The molecule has 0 heterocycles. The van der Waals surface area contributed by atoms with E-state index in [0.717, 1.165) is 23.2 Å². The molecule has 0 radical (unpaired) electrons. The van der Waals surface area contributed by atoms with Crippen LogP contribution in [0.1, 0.15) is 49.1 Å². The molecule has 0 aliphatic heterocycles. The molecule has 3 nitrogen and oxygen atoms in total. The van der Waals surface area contributed by atoms with Crippen LogP contribution >= 0.6 is 0 Å². The summed E-state index contributed by atoms with van der Waals surface area (Å²) in [4.78, 5) is 12.8. The molecule has 1 N–H and O–H groups in total. The van der Waals surface area contributed by atoms with Gasteiger partial charge in [0.2, 0.25) is 0 Å². The van der Waals surface area contributed by atoms with Crippen molar-refractivity contribution in [2.45, 2.75) is 45.4 Å². The van der Waals surface area contributed by atoms with E-state index in [9.17, 15) is 4.79 Å². The number of rotatable bonds is 8. The Morgan fingerprint density at radius 2 is 1.52 bits per heavy atom. The number of nitrogens with one attached hydrogen (secondary N) is 1. The Kier molecular flexibility index (Phi) is 6.84. The fourth-order valence-electron chi connectivity index (χ4n) is 3.22. The van der Waals surface area contributed by atoms with Crippen LogP contribution in [0.5, 0.6) is 0 Å². The zero-order valence-corrected chi connectivity index (χ0v) is 17.4. The van der Waals surface area contributed by atoms with Gasteiger partial charge in [0.25, 0.3) is 0 Å². The Morgan fingerprint density at radius 3 is 2.21 bits per heavy atom. The number of carbonyl (C=O) groups is 1. The zero-order chi connectivity index (χ0) is 20.7. The number of hydrogen-bond donors (Lipinski definition) is 1. The predicted molar refractivity (Wildman–Crippen MR) is 117 cm³/mol. The van der Waals surface area contributed by atoms with E-state index >= 15 is 0 Å². The van der Waals surface area contributed by atoms with Crippen LogP contribution in [0.25, 0.3) is 0 Å². The first-order chi connectivity index (χ1) is 14.0. The second-order valence-corrected chi connectivity index (χ2v) is 7.90. The topological polar surface area (TPSA) is 38.3 Å². The molecule has 3 aromatic carbocycles. The van der Waals surface area contributed by atoms with Gasteiger partial charge in [-0.05, 0) is 43.0 Å². The maximum Gasteiger partial charge on any atom is 0.316 e. The monoisotopic (exact) mass is 387 g/mol. The van der Waals surface area contributed by atoms with Gasteiger partial charge in [0, 0.05) is 12.6 Å². The summed E-state index contributed by atoms with van der Waals surface area (Å²) in [5, 5.41) is 3.55. The molecule has 3 rings (SSSR count). The van der Waals surface area contributed by atoms with Crippen LogP contribution < -0.4 is 5.32 Å². The minimum Gasteiger partial charge on any atom is -0.460 e. The van der Waals surface area contributed by atoms with Crippen molar-refractivity contribution in [2.24, 2.45) is 0 Å². The molecule has 0 saturated heterocycles. The van der Waals surface area contributed by atoms with E-state index in [-0.39, 0.29) is 12.0 Å². The highest BCUT2D eigenvalue weighted by atomic mass is 16.5. The molecule has 0 saturated carbocycles. The lowest BCUT2D eigenvalue weighted by molar-refractivity contribution is -0.150. The van der Waals surface area contributed by atoms with Crippen LogP contribution in [-0.4, -0.2) is 5.97 Å². The van der Waals surface area contributed by atoms with Crippen molar-refractivity contribution < 1.29 is 9.53 Å². The molecule has 1 atom stereocenters. The fraction of sp³-hybridized carbons (Fsp3) is 0.269. The summed E-state index contributed by atoms with van der Waals surface area (Å²) in [6.07, 6.45) is 0. The third-order valence-electron chi connectivity index (χ3n) is 5.28. The lowest BCUT2D eigenvalue weighted by Gasteiger charge is -2.24. The highest BCUT2D eigenvalue weighted by Crippen LogP contribution is 2.26. The summed E-state index contributed by atoms with van der Waals surface area (Å²) in [5.41, 5.74) is 3.64. The second kappa shape index (κ2) is 9.53. The van der Waals surface area contributed by atoms with E-state index in [2.05, 4.69) is 48.6 Å². The van der Waals surface area contributed by atoms with Gasteiger partial charge in [-0.3, -0.25) is 4.79 Å². The summed E-state index contributed by atoms with van der Waals surface area (Å²) in [7, 11) is 0. The number of esters is 1. The molecule has 0 aromatic heterocycles. The van der Waals surface area contributed by atoms with Gasteiger partial charge >= 0.3 is 5.97 Å². The first-order valence-electron chi connectivity index (χ1n) is 10.1. The van der Waals surface area contributed by atoms with Gasteiger partial charge < -0.3 is 10.1 Å². The van der Waals surface area contributed by atoms with Crippen molar-refractivity contribution in [3.8, 4) is 0 Å². The Labute approximate surface area is 173 Å². The standard InChI is InChI=1S/C26H29NO2/c1-20(23-14-8-5-9-15-23)27-18-22-13-10-16-24(17-22)26(2,3)25(28)29-19-21-11-6-4-7-12-21/h4-17,20,27H,18-19H2,1-3H3/t20-/m1/s1. The Balaban J connectivity index is 1.63. The quantitative estimate of drug-likeness (QED) is 0.514. The largest absolute Gasteiger partial charge is 0.460 e. The van der Waals surface area contributed by atoms with E-state index < -0.39 is 5.41 Å². The van der Waals surface area contributed by atoms with Gasteiger partial charge in [-0.1, -0.05) is 84.9 Å². The summed E-state index contributed by atoms with van der Waals surface area (Å²) >= 11 is 0. The van der Waals surface area contributed by atoms with Crippen LogP contribution in [0.15, 0.2) is 84.9 Å². The van der Waals surface area contributed by atoms with Gasteiger partial charge in [-0.2, -0.15) is 0 Å². The molecule has 0 fully saturated rings. The SMILES string of the molecule is C[C@@H](NCc1cccc(C(C)(C)C(=O)OCc2ccccc2)c1)c1ccccc1. The highest BCUT2D eigenvalue weighted by Gasteiger charge is 2.31. The average Bonchev–Trinajstić information content (AvgIpc) is 2.77. The Hall–Kier alpha value is -2.91. The molecule has 0 amide bonds. The lowest BCUT2D eigenvalue weighted by atomic mass is 9.84. The molecular formula is C26H29NO2. The Morgan fingerprint density at radius 1 is 0.897 bits per heavy atom. The first kappa shape index (κ1) is 20.8. The van der Waals surface area contributed by atoms with Gasteiger partial charge in [-0.15, -0.1) is 0 Å². The zero-order valence-electron chi connectivity index (χ0n) is 17.4. The van der Waals surface area contributed by atoms with Crippen molar-refractivity contribution in [1.82, 2.24) is 5.32 Å². The van der Waals surface area contributed by atoms with Gasteiger partial charge in [0.05, 0.1) is 5.41 Å². The van der Waals surface area contributed by atoms with E-state index in [1.54, 1.807) is 0 Å². The van der Waals surface area contributed by atoms with Crippen LogP contribution in [-0.2, 0) is 28.1 Å². The minimum absolute atomic E-state index is 0.218. The molecule has 0 aliphatic rings. The summed E-state index contributed by atoms with van der Waals surface area (Å²) < 4.78 is 5.59. The van der Waals surface area contributed by atoms with Crippen molar-refractivity contribution in [3.63, 3.8) is 0 Å². The summed E-state index contributed by atoms with van der Waals surface area (Å²) in [6, 6.07) is 28.6. The number of carbonyl (C=O) groups excluding carboxylic acids is 1. The summed E-state index contributed by atoms with van der Waals surface area (Å²) in [6.45, 7) is 7.01. The summed E-state index contributed by atoms with van der Waals surface area (Å²) in [5.74, 6) is -0.218. The minimum atomic E-state index is -0.712. The number of hydrogen-bond acceptors (Lipinski definition) is 3. The maximum absolute atomic E-state index is 12.8. The highest BCUT2D eigenvalue weighted by molar-refractivity contribution is 5.82. The van der Waals surface area contributed by atoms with Crippen LogP contribution in [0.3, 0.4) is 0 Å². The van der Waals surface area contributed by atoms with E-state index in [1.165, 1.54) is 5.56 Å². The maximum atomic E-state index is 12.8.